The van der Waals surface area contributed by atoms with Crippen LogP contribution in [0, 0.1) is 0 Å². The van der Waals surface area contributed by atoms with E-state index in [0.29, 0.717) is 35.0 Å². The van der Waals surface area contributed by atoms with E-state index in [9.17, 15) is 4.79 Å². The van der Waals surface area contributed by atoms with Crippen molar-refractivity contribution in [3.63, 3.8) is 0 Å². The van der Waals surface area contributed by atoms with E-state index in [2.05, 4.69) is 20.3 Å². The maximum absolute atomic E-state index is 12.4. The van der Waals surface area contributed by atoms with Gasteiger partial charge in [-0.2, -0.15) is 4.98 Å². The number of nitrogens with two attached hydrogens (primary N) is 2. The summed E-state index contributed by atoms with van der Waals surface area (Å²) in [6.07, 6.45) is 0.612. The van der Waals surface area contributed by atoms with E-state index in [1.807, 2.05) is 37.3 Å². The number of hydrogen-bond acceptors (Lipinski definition) is 8. The maximum Gasteiger partial charge on any atom is 0.222 e. The van der Waals surface area contributed by atoms with Gasteiger partial charge >= 0.3 is 0 Å². The fourth-order valence-corrected chi connectivity index (χ4v) is 3.55. The lowest BCUT2D eigenvalue weighted by atomic mass is 10.0. The molecule has 0 saturated carbocycles. The summed E-state index contributed by atoms with van der Waals surface area (Å²) in [6.45, 7) is 5.52. The Labute approximate surface area is 197 Å². The zero-order valence-corrected chi connectivity index (χ0v) is 19.5. The van der Waals surface area contributed by atoms with Crippen molar-refractivity contribution in [2.24, 2.45) is 10.3 Å². The second kappa shape index (κ2) is 10.8. The van der Waals surface area contributed by atoms with Crippen molar-refractivity contribution in [1.29, 1.82) is 0 Å². The molecule has 0 fully saturated rings. The van der Waals surface area contributed by atoms with Gasteiger partial charge in [-0.1, -0.05) is 54.9 Å². The molecule has 0 radical (unpaired) electrons. The minimum atomic E-state index is -0.760. The second-order valence-electron chi connectivity index (χ2n) is 7.14. The van der Waals surface area contributed by atoms with Gasteiger partial charge in [-0.25, -0.2) is 4.98 Å². The molecule has 1 atom stereocenters. The topological polar surface area (TPSA) is 132 Å². The van der Waals surface area contributed by atoms with Crippen LogP contribution in [-0.2, 0) is 16.1 Å². The second-order valence-corrected chi connectivity index (χ2v) is 7.55. The Morgan fingerprint density at radius 3 is 2.52 bits per heavy atom. The van der Waals surface area contributed by atoms with Crippen LogP contribution in [0.4, 0.5) is 17.5 Å². The highest BCUT2D eigenvalue weighted by Crippen LogP contribution is 2.35. The van der Waals surface area contributed by atoms with Gasteiger partial charge in [-0.15, -0.1) is 10.3 Å². The molecule has 0 saturated heterocycles. The van der Waals surface area contributed by atoms with Gasteiger partial charge in [0.15, 0.2) is 11.8 Å². The number of nitrogen functional groups attached to an aromatic ring is 2. The van der Waals surface area contributed by atoms with Crippen LogP contribution in [0.15, 0.2) is 58.9 Å². The minimum Gasteiger partial charge on any atom is -0.383 e. The zero-order valence-electron chi connectivity index (χ0n) is 18.7. The van der Waals surface area contributed by atoms with Crippen LogP contribution in [0.1, 0.15) is 38.1 Å². The number of halogens is 1. The Morgan fingerprint density at radius 2 is 1.88 bits per heavy atom. The highest BCUT2D eigenvalue weighted by atomic mass is 35.5. The molecule has 2 aromatic carbocycles. The molecule has 33 heavy (non-hydrogen) atoms. The van der Waals surface area contributed by atoms with Crippen LogP contribution in [0.2, 0.25) is 5.02 Å². The summed E-state index contributed by atoms with van der Waals surface area (Å²) in [5, 5.41) is 10.0. The largest absolute Gasteiger partial charge is 0.383 e. The minimum absolute atomic E-state index is 0.116. The molecule has 0 bridgehead atoms. The number of rotatable bonds is 9. The molecule has 0 aliphatic rings. The van der Waals surface area contributed by atoms with E-state index in [0.717, 1.165) is 11.1 Å². The molecule has 0 aliphatic heterocycles. The Morgan fingerprint density at radius 1 is 1.15 bits per heavy atom. The first-order valence-electron chi connectivity index (χ1n) is 10.5. The lowest BCUT2D eigenvalue weighted by molar-refractivity contribution is -0.192. The van der Waals surface area contributed by atoms with E-state index in [1.165, 1.54) is 12.1 Å². The van der Waals surface area contributed by atoms with Crippen molar-refractivity contribution < 1.29 is 9.63 Å². The maximum atomic E-state index is 12.4. The quantitative estimate of drug-likeness (QED) is 0.330. The van der Waals surface area contributed by atoms with Crippen LogP contribution in [0.5, 0.6) is 0 Å². The first-order chi connectivity index (χ1) is 15.8. The lowest BCUT2D eigenvalue weighted by Crippen LogP contribution is -2.29. The van der Waals surface area contributed by atoms with Crippen LogP contribution in [0.3, 0.4) is 0 Å². The third kappa shape index (κ3) is 5.63. The fourth-order valence-electron chi connectivity index (χ4n) is 3.39. The van der Waals surface area contributed by atoms with Gasteiger partial charge in [0.05, 0.1) is 17.3 Å². The van der Waals surface area contributed by atoms with E-state index in [-0.39, 0.29) is 17.5 Å². The van der Waals surface area contributed by atoms with E-state index in [4.69, 9.17) is 27.9 Å². The molecule has 1 unspecified atom stereocenters. The molecule has 9 nitrogen and oxygen atoms in total. The summed E-state index contributed by atoms with van der Waals surface area (Å²) in [7, 11) is 0. The molecule has 172 valence electrons. The first-order valence-corrected chi connectivity index (χ1v) is 10.8. The number of aryl methyl sites for hydroxylation is 1. The number of ketones is 1. The number of anilines is 2. The molecule has 3 rings (SSSR count). The number of benzene rings is 2. The number of hydrogen-bond donors (Lipinski definition) is 2. The van der Waals surface area contributed by atoms with Gasteiger partial charge in [0.2, 0.25) is 5.95 Å². The molecule has 0 aliphatic carbocycles. The van der Waals surface area contributed by atoms with E-state index >= 15 is 0 Å². The fraction of sp³-hybridized carbons (Fsp3) is 0.261. The van der Waals surface area contributed by atoms with Crippen molar-refractivity contribution in [2.45, 2.75) is 33.2 Å². The van der Waals surface area contributed by atoms with Crippen LogP contribution in [-0.4, -0.2) is 27.5 Å². The van der Waals surface area contributed by atoms with Gasteiger partial charge in [0, 0.05) is 5.56 Å². The van der Waals surface area contributed by atoms with Crippen molar-refractivity contribution in [3.05, 3.63) is 64.8 Å². The third-order valence-corrected chi connectivity index (χ3v) is 5.14. The van der Waals surface area contributed by atoms with Gasteiger partial charge < -0.3 is 11.5 Å². The summed E-state index contributed by atoms with van der Waals surface area (Å²) in [6, 6.07) is 13.7. The average Bonchev–Trinajstić information content (AvgIpc) is 2.78. The van der Waals surface area contributed by atoms with Gasteiger partial charge in [0.25, 0.3) is 0 Å². The predicted octanol–water partition coefficient (Wildman–Crippen LogP) is 5.11. The molecule has 0 spiro atoms. The summed E-state index contributed by atoms with van der Waals surface area (Å²) < 4.78 is 0. The van der Waals surface area contributed by atoms with Gasteiger partial charge in [-0.05, 0) is 48.8 Å². The van der Waals surface area contributed by atoms with Gasteiger partial charge in [-0.3, -0.25) is 9.63 Å². The summed E-state index contributed by atoms with van der Waals surface area (Å²) in [5.74, 6) is 0.236. The number of carbonyl (C=O) groups is 1. The monoisotopic (exact) mass is 467 g/mol. The molecular formula is C23H26ClN7O2. The Balaban J connectivity index is 2.01. The number of carbonyl (C=O) groups excluding carboxylic acids is 1. The number of aromatic nitrogens is 2. The standard InChI is InChI=1S/C23H26ClN7O2/c1-4-18-20(22(25)28-23(26)27-18)16-11-12-17(24)19(13-16)29-30-31(33-5-2)21(14(3)32)15-9-7-6-8-10-15/h6-13,21H,4-5H2,1-3H3,(H4,25,26,27,28). The summed E-state index contributed by atoms with van der Waals surface area (Å²) in [4.78, 5) is 26.4. The molecule has 10 heteroatoms. The number of hydroxylamine groups is 1. The Bertz CT molecular complexity index is 1160. The summed E-state index contributed by atoms with van der Waals surface area (Å²) >= 11 is 6.38. The van der Waals surface area contributed by atoms with Crippen molar-refractivity contribution in [3.8, 4) is 11.1 Å². The van der Waals surface area contributed by atoms with Crippen LogP contribution < -0.4 is 11.5 Å². The smallest absolute Gasteiger partial charge is 0.222 e. The normalized spacial score (nSPS) is 12.1. The first kappa shape index (κ1) is 24.1. The average molecular weight is 468 g/mol. The van der Waals surface area contributed by atoms with E-state index < -0.39 is 6.04 Å². The highest BCUT2D eigenvalue weighted by molar-refractivity contribution is 6.33. The van der Waals surface area contributed by atoms with E-state index in [1.54, 1.807) is 25.1 Å². The molecule has 0 amide bonds. The Hall–Kier alpha value is -3.56. The zero-order chi connectivity index (χ0) is 24.0. The van der Waals surface area contributed by atoms with Gasteiger partial charge in [0.1, 0.15) is 11.5 Å². The van der Waals surface area contributed by atoms with Crippen molar-refractivity contribution in [1.82, 2.24) is 15.1 Å². The third-order valence-electron chi connectivity index (χ3n) is 4.82. The SMILES string of the molecule is CCON(N=Nc1cc(-c2c(N)nc(N)nc2CC)ccc1Cl)C(C(C)=O)c1ccccc1. The highest BCUT2D eigenvalue weighted by Gasteiger charge is 2.25. The number of Topliss-reactive ketones (excluding diaryl/α,β-unsaturated/α-hetero) is 1. The van der Waals surface area contributed by atoms with Crippen LogP contribution in [0.25, 0.3) is 11.1 Å². The lowest BCUT2D eigenvalue weighted by Gasteiger charge is -2.24. The predicted molar refractivity (Wildman–Crippen MR) is 129 cm³/mol. The molecule has 4 N–H and O–H groups in total. The molecule has 1 aromatic heterocycles. The summed E-state index contributed by atoms with van der Waals surface area (Å²) in [5.41, 5.74) is 15.1. The molecule has 3 aromatic rings. The van der Waals surface area contributed by atoms with Crippen LogP contribution >= 0.6 is 11.6 Å². The molecular weight excluding hydrogens is 442 g/mol. The van der Waals surface area contributed by atoms with Crippen molar-refractivity contribution in [2.75, 3.05) is 18.1 Å². The molecule has 1 heterocycles. The van der Waals surface area contributed by atoms with Crippen molar-refractivity contribution >= 4 is 34.8 Å². The Kier molecular flexibility index (Phi) is 7.92. The number of nitrogens with zero attached hydrogens (tertiary/aromatic N) is 5.